The van der Waals surface area contributed by atoms with Gasteiger partial charge in [-0.1, -0.05) is 26.0 Å². The van der Waals surface area contributed by atoms with E-state index in [0.29, 0.717) is 18.1 Å². The van der Waals surface area contributed by atoms with Gasteiger partial charge < -0.3 is 0 Å². The lowest BCUT2D eigenvalue weighted by Crippen LogP contribution is -2.17. The predicted octanol–water partition coefficient (Wildman–Crippen LogP) is 3.51. The number of carbonyl (C=O) groups is 1. The first-order chi connectivity index (χ1) is 6.65. The molecule has 1 aliphatic carbocycles. The zero-order valence-corrected chi connectivity index (χ0v) is 9.25. The summed E-state index contributed by atoms with van der Waals surface area (Å²) >= 11 is 0. The largest absolute Gasteiger partial charge is 0.295 e. The van der Waals surface area contributed by atoms with Crippen LogP contribution in [0.15, 0.2) is 24.3 Å². The van der Waals surface area contributed by atoms with Crippen molar-refractivity contribution < 1.29 is 4.79 Å². The maximum atomic E-state index is 11.7. The highest BCUT2D eigenvalue weighted by Crippen LogP contribution is 2.29. The van der Waals surface area contributed by atoms with E-state index in [4.69, 9.17) is 0 Å². The van der Waals surface area contributed by atoms with Gasteiger partial charge in [-0.05, 0) is 36.7 Å². The van der Waals surface area contributed by atoms with Crippen molar-refractivity contribution in [3.8, 4) is 0 Å². The number of hydrogen-bond donors (Lipinski definition) is 0. The standard InChI is InChI=1S/C13H20O/c1-4-5-6-13(14)12-8-7-10(2)11(3)9-12/h4,8,10-11H,1,5-7,9H2,2-3H3/t10-,11+/m1/s1. The van der Waals surface area contributed by atoms with Crippen LogP contribution < -0.4 is 0 Å². The van der Waals surface area contributed by atoms with Gasteiger partial charge in [-0.3, -0.25) is 4.79 Å². The molecule has 0 amide bonds. The minimum Gasteiger partial charge on any atom is -0.295 e. The molecule has 0 bridgehead atoms. The van der Waals surface area contributed by atoms with E-state index in [-0.39, 0.29) is 0 Å². The molecule has 0 saturated carbocycles. The van der Waals surface area contributed by atoms with Gasteiger partial charge in [0.05, 0.1) is 0 Å². The summed E-state index contributed by atoms with van der Waals surface area (Å²) in [4.78, 5) is 11.7. The van der Waals surface area contributed by atoms with Gasteiger partial charge >= 0.3 is 0 Å². The highest BCUT2D eigenvalue weighted by molar-refractivity contribution is 5.95. The molecule has 1 aliphatic rings. The van der Waals surface area contributed by atoms with Crippen LogP contribution in [-0.2, 0) is 4.79 Å². The van der Waals surface area contributed by atoms with Crippen LogP contribution in [0, 0.1) is 11.8 Å². The molecule has 0 saturated heterocycles. The molecule has 0 fully saturated rings. The van der Waals surface area contributed by atoms with Crippen molar-refractivity contribution in [3.05, 3.63) is 24.3 Å². The van der Waals surface area contributed by atoms with Crippen molar-refractivity contribution in [2.45, 2.75) is 39.5 Å². The predicted molar refractivity (Wildman–Crippen MR) is 60.1 cm³/mol. The Morgan fingerprint density at radius 3 is 2.86 bits per heavy atom. The van der Waals surface area contributed by atoms with Crippen molar-refractivity contribution in [1.29, 1.82) is 0 Å². The maximum absolute atomic E-state index is 11.7. The topological polar surface area (TPSA) is 17.1 Å². The SMILES string of the molecule is C=CCCC(=O)C1=CC[C@@H](C)[C@@H](C)C1. The molecule has 0 radical (unpaired) electrons. The molecule has 14 heavy (non-hydrogen) atoms. The van der Waals surface area contributed by atoms with Crippen LogP contribution in [0.25, 0.3) is 0 Å². The highest BCUT2D eigenvalue weighted by Gasteiger charge is 2.21. The third-order valence-corrected chi connectivity index (χ3v) is 3.18. The molecule has 0 heterocycles. The average molecular weight is 192 g/mol. The van der Waals surface area contributed by atoms with E-state index in [1.54, 1.807) is 0 Å². The average Bonchev–Trinajstić information content (AvgIpc) is 2.18. The fourth-order valence-corrected chi connectivity index (χ4v) is 1.81. The van der Waals surface area contributed by atoms with Gasteiger partial charge in [0.15, 0.2) is 5.78 Å². The van der Waals surface area contributed by atoms with Gasteiger partial charge in [-0.15, -0.1) is 6.58 Å². The first-order valence-electron chi connectivity index (χ1n) is 5.48. The lowest BCUT2D eigenvalue weighted by Gasteiger charge is -2.24. The second-order valence-electron chi connectivity index (χ2n) is 4.37. The van der Waals surface area contributed by atoms with Crippen LogP contribution in [0.4, 0.5) is 0 Å². The fourth-order valence-electron chi connectivity index (χ4n) is 1.81. The smallest absolute Gasteiger partial charge is 0.158 e. The first kappa shape index (κ1) is 11.2. The van der Waals surface area contributed by atoms with Gasteiger partial charge in [0.25, 0.3) is 0 Å². The third-order valence-electron chi connectivity index (χ3n) is 3.18. The minimum atomic E-state index is 0.323. The number of Topliss-reactive ketones (excluding diaryl/α,β-unsaturated/α-hetero) is 1. The Balaban J connectivity index is 2.52. The summed E-state index contributed by atoms with van der Waals surface area (Å²) < 4.78 is 0. The van der Waals surface area contributed by atoms with Crippen molar-refractivity contribution in [2.24, 2.45) is 11.8 Å². The van der Waals surface area contributed by atoms with Crippen molar-refractivity contribution in [1.82, 2.24) is 0 Å². The van der Waals surface area contributed by atoms with E-state index >= 15 is 0 Å². The Morgan fingerprint density at radius 2 is 2.29 bits per heavy atom. The monoisotopic (exact) mass is 192 g/mol. The van der Waals surface area contributed by atoms with E-state index in [0.717, 1.165) is 30.8 Å². The summed E-state index contributed by atoms with van der Waals surface area (Å²) in [5.41, 5.74) is 1.05. The zero-order chi connectivity index (χ0) is 10.6. The maximum Gasteiger partial charge on any atom is 0.158 e. The second-order valence-corrected chi connectivity index (χ2v) is 4.37. The number of ketones is 1. The number of allylic oxidation sites excluding steroid dienone is 3. The molecule has 0 unspecified atom stereocenters. The second kappa shape index (κ2) is 5.14. The molecule has 78 valence electrons. The summed E-state index contributed by atoms with van der Waals surface area (Å²) in [5.74, 6) is 1.71. The molecular weight excluding hydrogens is 172 g/mol. The van der Waals surface area contributed by atoms with Gasteiger partial charge in [0.1, 0.15) is 0 Å². The highest BCUT2D eigenvalue weighted by atomic mass is 16.1. The fraction of sp³-hybridized carbons (Fsp3) is 0.615. The van der Waals surface area contributed by atoms with Crippen LogP contribution in [0.5, 0.6) is 0 Å². The normalized spacial score (nSPS) is 26.9. The van der Waals surface area contributed by atoms with Crippen LogP contribution >= 0.6 is 0 Å². The summed E-state index contributed by atoms with van der Waals surface area (Å²) in [6, 6.07) is 0. The number of rotatable bonds is 4. The third kappa shape index (κ3) is 2.83. The Morgan fingerprint density at radius 1 is 1.57 bits per heavy atom. The Hall–Kier alpha value is -0.850. The molecule has 0 aromatic heterocycles. The number of hydrogen-bond acceptors (Lipinski definition) is 1. The molecule has 0 aromatic carbocycles. The van der Waals surface area contributed by atoms with Crippen molar-refractivity contribution >= 4 is 5.78 Å². The van der Waals surface area contributed by atoms with Crippen LogP contribution in [0.2, 0.25) is 0 Å². The van der Waals surface area contributed by atoms with E-state index < -0.39 is 0 Å². The summed E-state index contributed by atoms with van der Waals surface area (Å²) in [5, 5.41) is 0. The molecular formula is C13H20O. The Labute approximate surface area is 86.9 Å². The van der Waals surface area contributed by atoms with E-state index in [1.807, 2.05) is 6.08 Å². The molecule has 1 rings (SSSR count). The molecule has 2 atom stereocenters. The number of carbonyl (C=O) groups excluding carboxylic acids is 1. The van der Waals surface area contributed by atoms with E-state index in [2.05, 4.69) is 26.5 Å². The lowest BCUT2D eigenvalue weighted by molar-refractivity contribution is -0.115. The van der Waals surface area contributed by atoms with Crippen LogP contribution in [-0.4, -0.2) is 5.78 Å². The molecule has 1 nitrogen and oxygen atoms in total. The molecule has 0 spiro atoms. The van der Waals surface area contributed by atoms with Gasteiger partial charge in [-0.25, -0.2) is 0 Å². The quantitative estimate of drug-likeness (QED) is 0.623. The van der Waals surface area contributed by atoms with E-state index in [1.165, 1.54) is 0 Å². The first-order valence-corrected chi connectivity index (χ1v) is 5.48. The van der Waals surface area contributed by atoms with E-state index in [9.17, 15) is 4.79 Å². The Kier molecular flexibility index (Phi) is 4.12. The van der Waals surface area contributed by atoms with Crippen LogP contribution in [0.3, 0.4) is 0 Å². The van der Waals surface area contributed by atoms with Crippen molar-refractivity contribution in [3.63, 3.8) is 0 Å². The van der Waals surface area contributed by atoms with Gasteiger partial charge in [-0.2, -0.15) is 0 Å². The molecule has 0 aromatic rings. The van der Waals surface area contributed by atoms with Gasteiger partial charge in [0, 0.05) is 6.42 Å². The van der Waals surface area contributed by atoms with Gasteiger partial charge in [0.2, 0.25) is 0 Å². The zero-order valence-electron chi connectivity index (χ0n) is 9.25. The molecule has 0 N–H and O–H groups in total. The minimum absolute atomic E-state index is 0.323. The Bertz CT molecular complexity index is 250. The van der Waals surface area contributed by atoms with Crippen LogP contribution in [0.1, 0.15) is 39.5 Å². The summed E-state index contributed by atoms with van der Waals surface area (Å²) in [6.45, 7) is 8.12. The summed E-state index contributed by atoms with van der Waals surface area (Å²) in [6.07, 6.45) is 7.42. The summed E-state index contributed by atoms with van der Waals surface area (Å²) in [7, 11) is 0. The molecule has 0 aliphatic heterocycles. The molecule has 1 heteroatoms. The van der Waals surface area contributed by atoms with Crippen molar-refractivity contribution in [2.75, 3.05) is 0 Å². The lowest BCUT2D eigenvalue weighted by atomic mass is 9.80.